The molecule has 0 saturated carbocycles. The number of carbonyl (C=O) groups excluding carboxylic acids is 5. The topological polar surface area (TPSA) is 225 Å². The number of aromatic nitrogens is 2. The van der Waals surface area contributed by atoms with Crippen molar-refractivity contribution in [3.8, 4) is 0 Å². The van der Waals surface area contributed by atoms with E-state index in [1.165, 1.54) is 53.2 Å². The first-order chi connectivity index (χ1) is 24.1. The van der Waals surface area contributed by atoms with Gasteiger partial charge in [-0.15, -0.1) is 0 Å². The number of non-ortho nitro benzene ring substituents is 1. The maximum absolute atomic E-state index is 14.0. The minimum atomic E-state index is -1.07. The van der Waals surface area contributed by atoms with Crippen LogP contribution >= 0.6 is 0 Å². The van der Waals surface area contributed by atoms with Crippen LogP contribution in [0.4, 0.5) is 10.5 Å². The Balaban J connectivity index is 1.44. The van der Waals surface area contributed by atoms with E-state index in [9.17, 15) is 34.1 Å². The zero-order valence-electron chi connectivity index (χ0n) is 28.6. The molecule has 1 aromatic heterocycles. The second kappa shape index (κ2) is 16.5. The van der Waals surface area contributed by atoms with Crippen LogP contribution < -0.4 is 10.6 Å². The summed E-state index contributed by atoms with van der Waals surface area (Å²) in [5.74, 6) is -2.40. The fourth-order valence-electron chi connectivity index (χ4n) is 4.96. The number of nitro groups is 1. The van der Waals surface area contributed by atoms with Crippen LogP contribution in [-0.4, -0.2) is 81.3 Å². The third-order valence-corrected chi connectivity index (χ3v) is 7.66. The van der Waals surface area contributed by atoms with Crippen LogP contribution in [0.1, 0.15) is 60.4 Å². The molecule has 0 fully saturated rings. The highest BCUT2D eigenvalue weighted by molar-refractivity contribution is 6.05. The number of nitrogens with zero attached hydrogens (tertiary/aromatic N) is 4. The van der Waals surface area contributed by atoms with Gasteiger partial charge in [-0.05, 0) is 45.4 Å². The first kappa shape index (κ1) is 37.7. The number of nitrogens with one attached hydrogen (secondary N) is 3. The molecule has 1 aliphatic heterocycles. The summed E-state index contributed by atoms with van der Waals surface area (Å²) in [6, 6.07) is 10.4. The van der Waals surface area contributed by atoms with Crippen LogP contribution in [0.5, 0.6) is 0 Å². The van der Waals surface area contributed by atoms with Crippen molar-refractivity contribution in [2.75, 3.05) is 19.9 Å². The van der Waals surface area contributed by atoms with E-state index in [-0.39, 0.29) is 49.7 Å². The number of benzene rings is 2. The number of hydrogen-bond acceptors (Lipinski definition) is 12. The number of rotatable bonds is 12. The molecule has 2 heterocycles. The maximum Gasteiger partial charge on any atom is 0.412 e. The van der Waals surface area contributed by atoms with E-state index in [0.29, 0.717) is 28.8 Å². The molecule has 51 heavy (non-hydrogen) atoms. The van der Waals surface area contributed by atoms with Crippen molar-refractivity contribution in [1.29, 1.82) is 5.41 Å². The van der Waals surface area contributed by atoms with Crippen LogP contribution in [0, 0.1) is 20.9 Å². The van der Waals surface area contributed by atoms with Gasteiger partial charge in [0.15, 0.2) is 0 Å². The number of carbonyl (C=O) groups is 5. The minimum absolute atomic E-state index is 0.0308. The monoisotopic (exact) mass is 705 g/mol. The fourth-order valence-corrected chi connectivity index (χ4v) is 4.96. The normalized spacial score (nSPS) is 12.9. The number of nitro benzene ring substituents is 1. The Morgan fingerprint density at radius 1 is 1.00 bits per heavy atom. The number of esters is 2. The maximum atomic E-state index is 14.0. The standard InChI is InChI=1S/C34H39N7O10/c1-5-49-33(46)37-29(35)22-8-10-23(11-9-22)30(43)36-27(16-21-6-12-25(13-7-21)41(47)48)31(44)39-15-14-26-24(17-39)18-40(38-26)19-28(42)50-20-51-32(45)34(2,3)4/h6-13,18,27H,5,14-17,19-20H2,1-4H3,(H,36,43)(H2,35,37,46)/t27-/m0/s1. The van der Waals surface area contributed by atoms with Gasteiger partial charge in [0.05, 0.1) is 22.6 Å². The summed E-state index contributed by atoms with van der Waals surface area (Å²) in [6.07, 6.45) is 1.24. The van der Waals surface area contributed by atoms with Crippen molar-refractivity contribution in [2.45, 2.75) is 59.7 Å². The summed E-state index contributed by atoms with van der Waals surface area (Å²) in [5.41, 5.74) is 1.59. The van der Waals surface area contributed by atoms with Crippen molar-refractivity contribution in [2.24, 2.45) is 5.41 Å². The molecule has 3 N–H and O–H groups in total. The van der Waals surface area contributed by atoms with Gasteiger partial charge in [0.25, 0.3) is 11.6 Å². The minimum Gasteiger partial charge on any atom is -0.450 e. The average molecular weight is 706 g/mol. The van der Waals surface area contributed by atoms with Crippen LogP contribution in [0.2, 0.25) is 0 Å². The molecule has 4 rings (SSSR count). The van der Waals surface area contributed by atoms with Gasteiger partial charge in [0.1, 0.15) is 18.4 Å². The number of amidine groups is 1. The number of ether oxygens (including phenoxy) is 3. The number of alkyl carbamates (subject to hydrolysis) is 1. The molecule has 17 nitrogen and oxygen atoms in total. The zero-order valence-corrected chi connectivity index (χ0v) is 28.6. The highest BCUT2D eigenvalue weighted by Crippen LogP contribution is 2.21. The Morgan fingerprint density at radius 3 is 2.29 bits per heavy atom. The predicted molar refractivity (Wildman–Crippen MR) is 179 cm³/mol. The molecule has 0 aliphatic carbocycles. The third kappa shape index (κ3) is 10.4. The molecule has 17 heteroatoms. The molecule has 0 radical (unpaired) electrons. The van der Waals surface area contributed by atoms with E-state index in [2.05, 4.69) is 15.7 Å². The summed E-state index contributed by atoms with van der Waals surface area (Å²) in [7, 11) is 0. The summed E-state index contributed by atoms with van der Waals surface area (Å²) in [6.45, 7) is 6.43. The largest absolute Gasteiger partial charge is 0.450 e. The summed E-state index contributed by atoms with van der Waals surface area (Å²) >= 11 is 0. The van der Waals surface area contributed by atoms with Gasteiger partial charge in [-0.25, -0.2) is 9.59 Å². The fraction of sp³-hybridized carbons (Fsp3) is 0.382. The Hall–Kier alpha value is -6.13. The average Bonchev–Trinajstić information content (AvgIpc) is 3.48. The highest BCUT2D eigenvalue weighted by atomic mass is 16.7. The molecule has 3 aromatic rings. The molecule has 0 saturated heterocycles. The molecule has 3 amide bonds. The van der Waals surface area contributed by atoms with E-state index in [0.717, 1.165) is 0 Å². The second-order valence-electron chi connectivity index (χ2n) is 12.6. The molecule has 2 aromatic carbocycles. The molecular weight excluding hydrogens is 666 g/mol. The smallest absolute Gasteiger partial charge is 0.412 e. The Kier molecular flexibility index (Phi) is 12.2. The number of fused-ring (bicyclic) bond motifs is 1. The Morgan fingerprint density at radius 2 is 1.67 bits per heavy atom. The first-order valence-corrected chi connectivity index (χ1v) is 16.0. The lowest BCUT2D eigenvalue weighted by atomic mass is 9.98. The lowest BCUT2D eigenvalue weighted by Crippen LogP contribution is -2.50. The summed E-state index contributed by atoms with van der Waals surface area (Å²) in [5, 5.41) is 28.7. The van der Waals surface area contributed by atoms with E-state index in [4.69, 9.17) is 19.6 Å². The molecule has 0 spiro atoms. The molecule has 1 aliphatic rings. The summed E-state index contributed by atoms with van der Waals surface area (Å²) < 4.78 is 16.1. The van der Waals surface area contributed by atoms with E-state index < -0.39 is 53.0 Å². The van der Waals surface area contributed by atoms with Crippen molar-refractivity contribution < 1.29 is 43.1 Å². The zero-order chi connectivity index (χ0) is 37.3. The van der Waals surface area contributed by atoms with Gasteiger partial charge in [-0.1, -0.05) is 24.3 Å². The first-order valence-electron chi connectivity index (χ1n) is 16.0. The van der Waals surface area contributed by atoms with E-state index >= 15 is 0 Å². The molecular formula is C34H39N7O10. The molecule has 0 unspecified atom stereocenters. The molecule has 270 valence electrons. The lowest BCUT2D eigenvalue weighted by molar-refractivity contribution is -0.384. The van der Waals surface area contributed by atoms with Crippen LogP contribution in [0.15, 0.2) is 54.7 Å². The van der Waals surface area contributed by atoms with Gasteiger partial charge >= 0.3 is 18.0 Å². The van der Waals surface area contributed by atoms with Gasteiger partial charge in [-0.2, -0.15) is 5.10 Å². The number of hydrogen-bond donors (Lipinski definition) is 3. The van der Waals surface area contributed by atoms with Crippen molar-refractivity contribution in [3.63, 3.8) is 0 Å². The van der Waals surface area contributed by atoms with E-state index in [1.54, 1.807) is 38.8 Å². The third-order valence-electron chi connectivity index (χ3n) is 7.66. The van der Waals surface area contributed by atoms with Crippen LogP contribution in [0.25, 0.3) is 0 Å². The van der Waals surface area contributed by atoms with Gasteiger partial charge in [-0.3, -0.25) is 39.9 Å². The molecule has 1 atom stereocenters. The number of amides is 3. The second-order valence-corrected chi connectivity index (χ2v) is 12.6. The van der Waals surface area contributed by atoms with Gasteiger partial charge in [0.2, 0.25) is 12.7 Å². The Bertz CT molecular complexity index is 1800. The van der Waals surface area contributed by atoms with Crippen molar-refractivity contribution in [3.05, 3.63) is 92.8 Å². The van der Waals surface area contributed by atoms with Crippen molar-refractivity contribution >= 4 is 41.4 Å². The molecule has 0 bridgehead atoms. The SMILES string of the molecule is CCOC(=O)NC(=N)c1ccc(C(=O)N[C@@H](Cc2ccc([N+](=O)[O-])cc2)C(=O)N2CCc3nn(CC(=O)OCOC(=O)C(C)(C)C)cc3C2)cc1. The van der Waals surface area contributed by atoms with Crippen LogP contribution in [0.3, 0.4) is 0 Å². The quantitative estimate of drug-likeness (QED) is 0.0620. The van der Waals surface area contributed by atoms with Crippen LogP contribution in [-0.2, 0) is 54.5 Å². The summed E-state index contributed by atoms with van der Waals surface area (Å²) in [4.78, 5) is 75.4. The highest BCUT2D eigenvalue weighted by Gasteiger charge is 2.31. The Labute approximate surface area is 292 Å². The van der Waals surface area contributed by atoms with Crippen molar-refractivity contribution in [1.82, 2.24) is 25.3 Å². The lowest BCUT2D eigenvalue weighted by Gasteiger charge is -2.30. The van der Waals surface area contributed by atoms with E-state index in [1.807, 2.05) is 0 Å². The van der Waals surface area contributed by atoms with Gasteiger partial charge in [0, 0.05) is 61.0 Å². The van der Waals surface area contributed by atoms with Gasteiger partial charge < -0.3 is 24.4 Å². The predicted octanol–water partition coefficient (Wildman–Crippen LogP) is 2.88.